The van der Waals surface area contributed by atoms with Crippen LogP contribution in [-0.2, 0) is 6.42 Å². The average Bonchev–Trinajstić information content (AvgIpc) is 2.83. The highest BCUT2D eigenvalue weighted by Crippen LogP contribution is 2.17. The van der Waals surface area contributed by atoms with Crippen molar-refractivity contribution in [3.05, 3.63) is 52.9 Å². The van der Waals surface area contributed by atoms with Gasteiger partial charge < -0.3 is 9.15 Å². The van der Waals surface area contributed by atoms with E-state index in [0.717, 1.165) is 11.3 Å². The van der Waals surface area contributed by atoms with Crippen molar-refractivity contribution in [1.82, 2.24) is 0 Å². The van der Waals surface area contributed by atoms with Crippen molar-refractivity contribution < 1.29 is 13.9 Å². The lowest BCUT2D eigenvalue weighted by Crippen LogP contribution is -1.99. The predicted molar refractivity (Wildman–Crippen MR) is 69.4 cm³/mol. The van der Waals surface area contributed by atoms with Crippen LogP contribution < -0.4 is 4.74 Å². The monoisotopic (exact) mass is 264 g/mol. The number of halogens is 1. The van der Waals surface area contributed by atoms with Crippen LogP contribution in [0.4, 0.5) is 0 Å². The van der Waals surface area contributed by atoms with Gasteiger partial charge in [-0.3, -0.25) is 4.79 Å². The zero-order chi connectivity index (χ0) is 13.0. The Morgan fingerprint density at radius 1 is 1.22 bits per heavy atom. The van der Waals surface area contributed by atoms with Crippen molar-refractivity contribution in [3.8, 4) is 5.75 Å². The number of Topliss-reactive ketones (excluding diaryl/α,β-unsaturated/α-hetero) is 1. The fraction of sp³-hybridized carbons (Fsp3) is 0.214. The number of ketones is 1. The Hall–Kier alpha value is -1.74. The highest BCUT2D eigenvalue weighted by Gasteiger charge is 2.10. The number of aryl methyl sites for hydroxylation is 1. The Kier molecular flexibility index (Phi) is 4.05. The third kappa shape index (κ3) is 3.14. The van der Waals surface area contributed by atoms with E-state index < -0.39 is 0 Å². The summed E-state index contributed by atoms with van der Waals surface area (Å²) < 4.78 is 10.1. The second kappa shape index (κ2) is 5.74. The van der Waals surface area contributed by atoms with E-state index in [1.807, 2.05) is 24.3 Å². The average molecular weight is 265 g/mol. The van der Waals surface area contributed by atoms with E-state index >= 15 is 0 Å². The first-order valence-electron chi connectivity index (χ1n) is 5.60. The van der Waals surface area contributed by atoms with E-state index in [1.54, 1.807) is 19.2 Å². The number of methoxy groups -OCH3 is 1. The number of carbonyl (C=O) groups is 1. The summed E-state index contributed by atoms with van der Waals surface area (Å²) in [6, 6.07) is 10.8. The van der Waals surface area contributed by atoms with E-state index in [4.69, 9.17) is 20.8 Å². The largest absolute Gasteiger partial charge is 0.497 e. The molecule has 3 nitrogen and oxygen atoms in total. The Bertz CT molecular complexity index is 528. The van der Waals surface area contributed by atoms with Crippen LogP contribution in [0.5, 0.6) is 5.75 Å². The first-order valence-corrected chi connectivity index (χ1v) is 5.98. The zero-order valence-corrected chi connectivity index (χ0v) is 10.7. The van der Waals surface area contributed by atoms with Gasteiger partial charge in [0.1, 0.15) is 5.75 Å². The molecule has 0 saturated carbocycles. The lowest BCUT2D eigenvalue weighted by Gasteiger charge is -2.02. The van der Waals surface area contributed by atoms with Crippen molar-refractivity contribution in [2.75, 3.05) is 7.11 Å². The summed E-state index contributed by atoms with van der Waals surface area (Å²) in [6.45, 7) is 0. The first-order chi connectivity index (χ1) is 8.69. The number of hydrogen-bond acceptors (Lipinski definition) is 3. The van der Waals surface area contributed by atoms with Crippen LogP contribution in [0.3, 0.4) is 0 Å². The Labute approximate surface area is 110 Å². The summed E-state index contributed by atoms with van der Waals surface area (Å²) in [4.78, 5) is 11.8. The van der Waals surface area contributed by atoms with Gasteiger partial charge in [-0.15, -0.1) is 0 Å². The predicted octanol–water partition coefficient (Wildman–Crippen LogP) is 3.76. The molecule has 0 saturated heterocycles. The van der Waals surface area contributed by atoms with Crippen LogP contribution in [0.1, 0.15) is 22.5 Å². The molecular weight excluding hydrogens is 252 g/mol. The highest BCUT2D eigenvalue weighted by atomic mass is 35.5. The summed E-state index contributed by atoms with van der Waals surface area (Å²) >= 11 is 5.62. The highest BCUT2D eigenvalue weighted by molar-refractivity contribution is 6.29. The minimum absolute atomic E-state index is 0.0438. The molecule has 4 heteroatoms. The normalized spacial score (nSPS) is 10.3. The van der Waals surface area contributed by atoms with Crippen LogP contribution in [0.25, 0.3) is 0 Å². The number of ether oxygens (including phenoxy) is 1. The maximum Gasteiger partial charge on any atom is 0.198 e. The maximum absolute atomic E-state index is 11.8. The lowest BCUT2D eigenvalue weighted by atomic mass is 10.1. The minimum atomic E-state index is -0.0438. The molecular formula is C14H13ClO3. The van der Waals surface area contributed by atoms with Gasteiger partial charge in [0.2, 0.25) is 0 Å². The van der Waals surface area contributed by atoms with Crippen LogP contribution in [0.2, 0.25) is 5.22 Å². The molecule has 0 radical (unpaired) electrons. The van der Waals surface area contributed by atoms with Crippen molar-refractivity contribution in [2.45, 2.75) is 12.8 Å². The summed E-state index contributed by atoms with van der Waals surface area (Å²) in [5, 5.41) is 0.239. The van der Waals surface area contributed by atoms with Gasteiger partial charge in [0.25, 0.3) is 0 Å². The van der Waals surface area contributed by atoms with Crippen molar-refractivity contribution >= 4 is 17.4 Å². The number of rotatable bonds is 5. The molecule has 1 aromatic carbocycles. The van der Waals surface area contributed by atoms with Gasteiger partial charge in [0.05, 0.1) is 7.11 Å². The number of hydrogen-bond donors (Lipinski definition) is 0. The van der Waals surface area contributed by atoms with Crippen molar-refractivity contribution in [1.29, 1.82) is 0 Å². The van der Waals surface area contributed by atoms with Crippen molar-refractivity contribution in [2.24, 2.45) is 0 Å². The molecule has 0 atom stereocenters. The summed E-state index contributed by atoms with van der Waals surface area (Å²) in [6.07, 6.45) is 1.07. The van der Waals surface area contributed by atoms with Gasteiger partial charge in [-0.25, -0.2) is 0 Å². The molecule has 0 aliphatic carbocycles. The van der Waals surface area contributed by atoms with E-state index in [1.165, 1.54) is 0 Å². The number of benzene rings is 1. The second-order valence-electron chi connectivity index (χ2n) is 3.88. The molecule has 18 heavy (non-hydrogen) atoms. The number of furan rings is 1. The maximum atomic E-state index is 11.8. The van der Waals surface area contributed by atoms with E-state index in [-0.39, 0.29) is 11.0 Å². The van der Waals surface area contributed by atoms with Gasteiger partial charge in [0, 0.05) is 6.42 Å². The number of carbonyl (C=O) groups excluding carboxylic acids is 1. The van der Waals surface area contributed by atoms with E-state index in [0.29, 0.717) is 18.6 Å². The molecule has 2 rings (SSSR count). The Balaban J connectivity index is 1.92. The molecule has 0 unspecified atom stereocenters. The van der Waals surface area contributed by atoms with E-state index in [9.17, 15) is 4.79 Å². The summed E-state index contributed by atoms with van der Waals surface area (Å²) in [5.41, 5.74) is 1.09. The molecule has 0 N–H and O–H groups in total. The summed E-state index contributed by atoms with van der Waals surface area (Å²) in [7, 11) is 1.62. The third-order valence-corrected chi connectivity index (χ3v) is 2.85. The molecule has 0 spiro atoms. The quantitative estimate of drug-likeness (QED) is 0.772. The van der Waals surface area contributed by atoms with Gasteiger partial charge in [0.15, 0.2) is 16.8 Å². The molecule has 94 valence electrons. The minimum Gasteiger partial charge on any atom is -0.497 e. The molecule has 0 bridgehead atoms. The first kappa shape index (κ1) is 12.7. The zero-order valence-electron chi connectivity index (χ0n) is 9.98. The second-order valence-corrected chi connectivity index (χ2v) is 4.25. The SMILES string of the molecule is COc1ccc(CCC(=O)c2ccc(Cl)o2)cc1. The van der Waals surface area contributed by atoms with Crippen LogP contribution in [0, 0.1) is 0 Å². The molecule has 0 aliphatic heterocycles. The van der Waals surface area contributed by atoms with Crippen molar-refractivity contribution in [3.63, 3.8) is 0 Å². The van der Waals surface area contributed by atoms with Gasteiger partial charge in [-0.2, -0.15) is 0 Å². The molecule has 0 amide bonds. The van der Waals surface area contributed by atoms with Crippen LogP contribution in [-0.4, -0.2) is 12.9 Å². The molecule has 2 aromatic rings. The molecule has 0 fully saturated rings. The van der Waals surface area contributed by atoms with Gasteiger partial charge in [-0.05, 0) is 47.9 Å². The standard InChI is InChI=1S/C14H13ClO3/c1-17-11-5-2-10(3-6-11)4-7-12(16)13-8-9-14(15)18-13/h2-3,5-6,8-9H,4,7H2,1H3. The fourth-order valence-electron chi connectivity index (χ4n) is 1.64. The Morgan fingerprint density at radius 3 is 2.50 bits per heavy atom. The molecule has 1 heterocycles. The smallest absolute Gasteiger partial charge is 0.198 e. The summed E-state index contributed by atoms with van der Waals surface area (Å²) in [5.74, 6) is 1.08. The third-order valence-electron chi connectivity index (χ3n) is 2.65. The fourth-order valence-corrected chi connectivity index (χ4v) is 1.78. The van der Waals surface area contributed by atoms with Crippen LogP contribution >= 0.6 is 11.6 Å². The van der Waals surface area contributed by atoms with Gasteiger partial charge in [-0.1, -0.05) is 12.1 Å². The topological polar surface area (TPSA) is 39.4 Å². The Morgan fingerprint density at radius 2 is 1.94 bits per heavy atom. The van der Waals surface area contributed by atoms with Gasteiger partial charge >= 0.3 is 0 Å². The molecule has 0 aliphatic rings. The lowest BCUT2D eigenvalue weighted by molar-refractivity contribution is 0.0956. The molecule has 1 aromatic heterocycles. The van der Waals surface area contributed by atoms with Crippen LogP contribution in [0.15, 0.2) is 40.8 Å². The van der Waals surface area contributed by atoms with E-state index in [2.05, 4.69) is 0 Å².